The van der Waals surface area contributed by atoms with Crippen molar-refractivity contribution in [1.82, 2.24) is 10.6 Å². The summed E-state index contributed by atoms with van der Waals surface area (Å²) in [5, 5.41) is 98.6. The number of aliphatic hydroxyl groups is 8. The molecule has 1 aromatic rings. The van der Waals surface area contributed by atoms with Crippen molar-refractivity contribution < 1.29 is 64.7 Å². The maximum atomic E-state index is 13.0. The third kappa shape index (κ3) is 12.3. The molecule has 2 amide bonds. The van der Waals surface area contributed by atoms with E-state index in [1.807, 2.05) is 0 Å². The molecule has 4 unspecified atom stereocenters. The third-order valence-electron chi connectivity index (χ3n) is 8.17. The van der Waals surface area contributed by atoms with E-state index in [0.717, 1.165) is 31.2 Å². The van der Waals surface area contributed by atoms with Gasteiger partial charge in [0.05, 0.1) is 19.8 Å². The zero-order valence-electron chi connectivity index (χ0n) is 27.7. The minimum absolute atomic E-state index is 0.0178. The normalized spacial score (nSPS) is 24.4. The standard InChI is InChI=1S/C32H53N3O13/c1-4-5-6-7-8-9-23(39)33-14-19-10-12-20(13-11-19)15-35(46)32(2,3)18-34-30(45)27(43)26(42)29(21(38)16-36)48-31-28(44)25(41)24(40)22(17-37)47-31/h10-13,15,21-22,24-29,31,36-38,40-44H,4-9,14,16-18H2,1-3H3,(H,33,39)(H,34,45)/b35-15-/t21?,22?,24-,25-,26-,27?,28?,29+,31-/m0/s1. The van der Waals surface area contributed by atoms with Crippen LogP contribution in [0.1, 0.15) is 70.4 Å². The van der Waals surface area contributed by atoms with Gasteiger partial charge in [0.1, 0.15) is 42.7 Å². The van der Waals surface area contributed by atoms with Crippen LogP contribution in [0.25, 0.3) is 0 Å². The first-order chi connectivity index (χ1) is 22.7. The van der Waals surface area contributed by atoms with E-state index >= 15 is 0 Å². The Morgan fingerprint density at radius 3 is 2.25 bits per heavy atom. The summed E-state index contributed by atoms with van der Waals surface area (Å²) in [6.45, 7) is 3.41. The minimum atomic E-state index is -2.27. The van der Waals surface area contributed by atoms with Gasteiger partial charge in [-0.1, -0.05) is 44.7 Å². The Balaban J connectivity index is 1.95. The Morgan fingerprint density at radius 1 is 1.00 bits per heavy atom. The first-order valence-corrected chi connectivity index (χ1v) is 16.2. The van der Waals surface area contributed by atoms with Gasteiger partial charge in [-0.2, -0.15) is 0 Å². The number of unbranched alkanes of at least 4 members (excludes halogenated alkanes) is 4. The number of hydroxylamine groups is 1. The number of ether oxygens (including phenoxy) is 2. The molecule has 0 aromatic heterocycles. The molecule has 0 saturated carbocycles. The van der Waals surface area contributed by atoms with Crippen molar-refractivity contribution in [2.45, 2.75) is 127 Å². The molecule has 1 fully saturated rings. The number of hydrogen-bond acceptors (Lipinski definition) is 13. The molecule has 1 aliphatic rings. The van der Waals surface area contributed by atoms with E-state index in [4.69, 9.17) is 9.47 Å². The number of carbonyl (C=O) groups excluding carboxylic acids is 2. The highest BCUT2D eigenvalue weighted by atomic mass is 16.7. The molecule has 10 N–H and O–H groups in total. The molecule has 2 rings (SSSR count). The molecule has 0 spiro atoms. The van der Waals surface area contributed by atoms with Crippen LogP contribution in [0.2, 0.25) is 0 Å². The van der Waals surface area contributed by atoms with Gasteiger partial charge in [0.2, 0.25) is 5.91 Å². The van der Waals surface area contributed by atoms with E-state index < -0.39 is 79.8 Å². The zero-order valence-corrected chi connectivity index (χ0v) is 27.7. The number of nitrogens with zero attached hydrogens (tertiary/aromatic N) is 1. The summed E-state index contributed by atoms with van der Waals surface area (Å²) in [6.07, 6.45) is -10.0. The van der Waals surface area contributed by atoms with E-state index in [0.29, 0.717) is 23.3 Å². The molecule has 1 heterocycles. The van der Waals surface area contributed by atoms with Crippen molar-refractivity contribution in [2.75, 3.05) is 19.8 Å². The van der Waals surface area contributed by atoms with E-state index in [9.17, 15) is 55.6 Å². The average Bonchev–Trinajstić information content (AvgIpc) is 3.07. The quantitative estimate of drug-likeness (QED) is 0.0229. The zero-order chi connectivity index (χ0) is 36.0. The van der Waals surface area contributed by atoms with Crippen molar-refractivity contribution in [3.63, 3.8) is 0 Å². The fourth-order valence-electron chi connectivity index (χ4n) is 4.87. The first kappa shape index (κ1) is 41.4. The number of benzene rings is 1. The van der Waals surface area contributed by atoms with Crippen LogP contribution >= 0.6 is 0 Å². The van der Waals surface area contributed by atoms with E-state index in [1.54, 1.807) is 24.3 Å². The molecule has 1 saturated heterocycles. The summed E-state index contributed by atoms with van der Waals surface area (Å²) < 4.78 is 11.1. The smallest absolute Gasteiger partial charge is 0.251 e. The molecule has 1 aliphatic heterocycles. The first-order valence-electron chi connectivity index (χ1n) is 16.2. The maximum Gasteiger partial charge on any atom is 0.251 e. The number of carbonyl (C=O) groups is 2. The molecule has 0 radical (unpaired) electrons. The van der Waals surface area contributed by atoms with E-state index in [1.165, 1.54) is 26.5 Å². The van der Waals surface area contributed by atoms with Gasteiger partial charge < -0.3 is 66.2 Å². The van der Waals surface area contributed by atoms with Crippen molar-refractivity contribution >= 4 is 18.0 Å². The van der Waals surface area contributed by atoms with Gasteiger partial charge >= 0.3 is 0 Å². The van der Waals surface area contributed by atoms with E-state index in [-0.39, 0.29) is 12.5 Å². The Labute approximate surface area is 280 Å². The Hall–Kier alpha value is -2.77. The van der Waals surface area contributed by atoms with Gasteiger partial charge in [0.25, 0.3) is 5.91 Å². The Kier molecular flexibility index (Phi) is 17.3. The fraction of sp³-hybridized carbons (Fsp3) is 0.719. The van der Waals surface area contributed by atoms with Crippen molar-refractivity contribution in [2.24, 2.45) is 0 Å². The van der Waals surface area contributed by atoms with Crippen LogP contribution < -0.4 is 10.6 Å². The average molecular weight is 688 g/mol. The number of rotatable bonds is 20. The summed E-state index contributed by atoms with van der Waals surface area (Å²) in [5.74, 6) is -1.18. The van der Waals surface area contributed by atoms with Crippen molar-refractivity contribution in [3.05, 3.63) is 40.6 Å². The predicted octanol–water partition coefficient (Wildman–Crippen LogP) is -2.25. The van der Waals surface area contributed by atoms with Crippen LogP contribution in [0.3, 0.4) is 0 Å². The van der Waals surface area contributed by atoms with Crippen LogP contribution in [-0.2, 0) is 25.6 Å². The molecule has 16 nitrogen and oxygen atoms in total. The van der Waals surface area contributed by atoms with Crippen molar-refractivity contribution in [3.8, 4) is 0 Å². The lowest BCUT2D eigenvalue weighted by Gasteiger charge is -2.42. The third-order valence-corrected chi connectivity index (χ3v) is 8.17. The van der Waals surface area contributed by atoms with Crippen LogP contribution in [0.15, 0.2) is 24.3 Å². The van der Waals surface area contributed by atoms with Crippen molar-refractivity contribution in [1.29, 1.82) is 0 Å². The number of nitrogens with one attached hydrogen (secondary N) is 2. The molecule has 0 aliphatic carbocycles. The molecular weight excluding hydrogens is 634 g/mol. The van der Waals surface area contributed by atoms with Crippen LogP contribution in [0, 0.1) is 5.21 Å². The minimum Gasteiger partial charge on any atom is -0.623 e. The lowest BCUT2D eigenvalue weighted by Crippen LogP contribution is -2.62. The molecular formula is C32H53N3O13. The monoisotopic (exact) mass is 687 g/mol. The molecule has 1 aromatic carbocycles. The second-order valence-electron chi connectivity index (χ2n) is 12.7. The Bertz CT molecular complexity index is 1150. The highest BCUT2D eigenvalue weighted by molar-refractivity contribution is 5.81. The maximum absolute atomic E-state index is 13.0. The highest BCUT2D eigenvalue weighted by Crippen LogP contribution is 2.25. The van der Waals surface area contributed by atoms with Gasteiger partial charge in [0.15, 0.2) is 24.1 Å². The summed E-state index contributed by atoms with van der Waals surface area (Å²) in [6, 6.07) is 6.95. The molecule has 0 bridgehead atoms. The largest absolute Gasteiger partial charge is 0.623 e. The van der Waals surface area contributed by atoms with Gasteiger partial charge in [0, 0.05) is 32.4 Å². The van der Waals surface area contributed by atoms with Crippen LogP contribution in [-0.4, -0.2) is 144 Å². The summed E-state index contributed by atoms with van der Waals surface area (Å²) in [7, 11) is 0. The number of aliphatic hydroxyl groups excluding tert-OH is 8. The fourth-order valence-corrected chi connectivity index (χ4v) is 4.87. The lowest BCUT2D eigenvalue weighted by atomic mass is 9.98. The SMILES string of the molecule is CCCCCCCC(=O)NCc1ccc(/C=[N+](\[O-])C(C)(C)CNC(=O)C(O)[C@H](O)[C@H](O[C@@H]2OC(CO)[C@H](O)[C@H](O)C2O)C(O)CO)cc1. The predicted molar refractivity (Wildman–Crippen MR) is 171 cm³/mol. The van der Waals surface area contributed by atoms with Gasteiger partial charge in [-0.15, -0.1) is 0 Å². The second-order valence-corrected chi connectivity index (χ2v) is 12.7. The molecule has 9 atom stereocenters. The summed E-state index contributed by atoms with van der Waals surface area (Å²) in [4.78, 5) is 24.8. The van der Waals surface area contributed by atoms with Crippen LogP contribution in [0.4, 0.5) is 0 Å². The van der Waals surface area contributed by atoms with Gasteiger partial charge in [-0.05, 0) is 24.1 Å². The summed E-state index contributed by atoms with van der Waals surface area (Å²) >= 11 is 0. The molecule has 48 heavy (non-hydrogen) atoms. The van der Waals surface area contributed by atoms with Crippen LogP contribution in [0.5, 0.6) is 0 Å². The topological polar surface area (TPSA) is 265 Å². The summed E-state index contributed by atoms with van der Waals surface area (Å²) in [5.41, 5.74) is 0.154. The van der Waals surface area contributed by atoms with Gasteiger partial charge in [-0.25, -0.2) is 4.74 Å². The number of amides is 2. The Morgan fingerprint density at radius 2 is 1.65 bits per heavy atom. The lowest BCUT2D eigenvalue weighted by molar-refractivity contribution is -0.533. The molecule has 16 heteroatoms. The van der Waals surface area contributed by atoms with E-state index in [2.05, 4.69) is 17.6 Å². The van der Waals surface area contributed by atoms with Gasteiger partial charge in [-0.3, -0.25) is 9.59 Å². The molecule has 274 valence electrons. The highest BCUT2D eigenvalue weighted by Gasteiger charge is 2.47. The number of hydrogen-bond donors (Lipinski definition) is 10. The second kappa shape index (κ2) is 20.0.